The van der Waals surface area contributed by atoms with Crippen molar-refractivity contribution >= 4 is 33.0 Å². The van der Waals surface area contributed by atoms with Crippen molar-refractivity contribution in [1.82, 2.24) is 14.4 Å². The van der Waals surface area contributed by atoms with E-state index in [0.717, 1.165) is 24.8 Å². The van der Waals surface area contributed by atoms with E-state index in [2.05, 4.69) is 15.5 Å². The number of carbonyl (C=O) groups excluding carboxylic acids is 1. The van der Waals surface area contributed by atoms with Crippen LogP contribution in [-0.4, -0.2) is 40.9 Å². The Morgan fingerprint density at radius 1 is 1.19 bits per heavy atom. The number of nitrogens with one attached hydrogen (secondary N) is 1. The number of benzene rings is 1. The average molecular weight is 475 g/mol. The standard InChI is InChI=1S/C22H26N4O4S2/c1-15-4-3-5-16(2)26(15)32(28,29)19-8-6-18(7-9-19)23-20(27)10-11-21-24-22(25-30-21)17-12-13-31-14-17/h6-9,12-16H,3-5,10-11H2,1-2H3,(H,23,27). The van der Waals surface area contributed by atoms with Crippen LogP contribution in [0.2, 0.25) is 0 Å². The SMILES string of the molecule is CC1CCCC(C)N1S(=O)(=O)c1ccc(NC(=O)CCc2nc(-c3ccsc3)no2)cc1. The number of piperidine rings is 1. The Morgan fingerprint density at radius 3 is 2.56 bits per heavy atom. The van der Waals surface area contributed by atoms with Crippen LogP contribution in [0.25, 0.3) is 11.4 Å². The third-order valence-corrected chi connectivity index (χ3v) is 8.47. The van der Waals surface area contributed by atoms with Crippen molar-refractivity contribution in [3.8, 4) is 11.4 Å². The highest BCUT2D eigenvalue weighted by molar-refractivity contribution is 7.89. The molecule has 1 aliphatic rings. The van der Waals surface area contributed by atoms with E-state index in [1.165, 1.54) is 0 Å². The first kappa shape index (κ1) is 22.6. The maximum absolute atomic E-state index is 13.1. The lowest BCUT2D eigenvalue weighted by Crippen LogP contribution is -2.47. The summed E-state index contributed by atoms with van der Waals surface area (Å²) in [6, 6.07) is 8.19. The number of nitrogens with zero attached hydrogens (tertiary/aromatic N) is 3. The molecular weight excluding hydrogens is 448 g/mol. The number of anilines is 1. The molecule has 3 aromatic rings. The smallest absolute Gasteiger partial charge is 0.243 e. The Kier molecular flexibility index (Phi) is 6.73. The quantitative estimate of drug-likeness (QED) is 0.547. The predicted octanol–water partition coefficient (Wildman–Crippen LogP) is 4.32. The fourth-order valence-corrected chi connectivity index (χ4v) is 6.53. The second-order valence-electron chi connectivity index (χ2n) is 8.06. The van der Waals surface area contributed by atoms with Crippen LogP contribution in [0.3, 0.4) is 0 Å². The number of hydrogen-bond donors (Lipinski definition) is 1. The van der Waals surface area contributed by atoms with E-state index in [4.69, 9.17) is 4.52 Å². The molecule has 1 N–H and O–H groups in total. The van der Waals surface area contributed by atoms with E-state index in [9.17, 15) is 13.2 Å². The van der Waals surface area contributed by atoms with E-state index >= 15 is 0 Å². The number of rotatable bonds is 7. The van der Waals surface area contributed by atoms with Gasteiger partial charge in [0.2, 0.25) is 27.6 Å². The van der Waals surface area contributed by atoms with E-state index in [1.54, 1.807) is 39.9 Å². The second-order valence-corrected chi connectivity index (χ2v) is 10.7. The minimum atomic E-state index is -3.57. The van der Waals surface area contributed by atoms with Gasteiger partial charge in [-0.05, 0) is 62.4 Å². The van der Waals surface area contributed by atoms with Gasteiger partial charge in [-0.3, -0.25) is 4.79 Å². The van der Waals surface area contributed by atoms with Crippen LogP contribution in [-0.2, 0) is 21.2 Å². The lowest BCUT2D eigenvalue weighted by atomic mass is 10.0. The molecule has 1 aromatic carbocycles. The molecule has 1 fully saturated rings. The summed E-state index contributed by atoms with van der Waals surface area (Å²) < 4.78 is 33.0. The van der Waals surface area contributed by atoms with Gasteiger partial charge >= 0.3 is 0 Å². The summed E-state index contributed by atoms with van der Waals surface area (Å²) >= 11 is 1.55. The molecule has 1 amide bonds. The monoisotopic (exact) mass is 474 g/mol. The topological polar surface area (TPSA) is 105 Å². The zero-order valence-electron chi connectivity index (χ0n) is 18.0. The number of aryl methyl sites for hydroxylation is 1. The maximum atomic E-state index is 13.1. The van der Waals surface area contributed by atoms with Crippen LogP contribution in [0.1, 0.15) is 45.4 Å². The molecule has 2 aromatic heterocycles. The van der Waals surface area contributed by atoms with Gasteiger partial charge in [-0.1, -0.05) is 11.6 Å². The third-order valence-electron chi connectivity index (χ3n) is 5.64. The van der Waals surface area contributed by atoms with Crippen molar-refractivity contribution in [2.75, 3.05) is 5.32 Å². The van der Waals surface area contributed by atoms with Crippen LogP contribution in [0, 0.1) is 0 Å². The normalized spacial score (nSPS) is 19.7. The van der Waals surface area contributed by atoms with Gasteiger partial charge in [-0.15, -0.1) is 0 Å². The molecule has 2 atom stereocenters. The number of aromatic nitrogens is 2. The molecule has 170 valence electrons. The highest BCUT2D eigenvalue weighted by Gasteiger charge is 2.35. The van der Waals surface area contributed by atoms with Gasteiger partial charge in [0.05, 0.1) is 4.90 Å². The molecule has 0 spiro atoms. The van der Waals surface area contributed by atoms with Crippen molar-refractivity contribution in [2.24, 2.45) is 0 Å². The summed E-state index contributed by atoms with van der Waals surface area (Å²) in [5.41, 5.74) is 1.43. The van der Waals surface area contributed by atoms with E-state index in [0.29, 0.717) is 23.8 Å². The Labute approximate surface area is 191 Å². The first-order valence-electron chi connectivity index (χ1n) is 10.6. The Hall–Kier alpha value is -2.56. The van der Waals surface area contributed by atoms with Crippen molar-refractivity contribution in [1.29, 1.82) is 0 Å². The van der Waals surface area contributed by atoms with Gasteiger partial charge in [-0.25, -0.2) is 8.42 Å². The first-order chi connectivity index (χ1) is 15.3. The largest absolute Gasteiger partial charge is 0.339 e. The number of carbonyl (C=O) groups is 1. The second kappa shape index (κ2) is 9.51. The molecule has 4 rings (SSSR count). The lowest BCUT2D eigenvalue weighted by molar-refractivity contribution is -0.116. The summed E-state index contributed by atoms with van der Waals surface area (Å²) in [6.45, 7) is 3.91. The molecule has 1 saturated heterocycles. The zero-order valence-corrected chi connectivity index (χ0v) is 19.7. The van der Waals surface area contributed by atoms with Gasteiger partial charge < -0.3 is 9.84 Å². The molecule has 0 aliphatic carbocycles. The highest BCUT2D eigenvalue weighted by Crippen LogP contribution is 2.30. The Bertz CT molecular complexity index is 1150. The number of thiophene rings is 1. The molecule has 0 saturated carbocycles. The molecule has 8 nitrogen and oxygen atoms in total. The molecule has 3 heterocycles. The number of sulfonamides is 1. The van der Waals surface area contributed by atoms with E-state index in [-0.39, 0.29) is 29.3 Å². The van der Waals surface area contributed by atoms with Crippen LogP contribution in [0.15, 0.2) is 50.5 Å². The van der Waals surface area contributed by atoms with Crippen LogP contribution < -0.4 is 5.32 Å². The maximum Gasteiger partial charge on any atom is 0.243 e. The van der Waals surface area contributed by atoms with Gasteiger partial charge in [-0.2, -0.15) is 20.6 Å². The van der Waals surface area contributed by atoms with Crippen molar-refractivity contribution in [2.45, 2.75) is 62.9 Å². The predicted molar refractivity (Wildman–Crippen MR) is 123 cm³/mol. The van der Waals surface area contributed by atoms with Gasteiger partial charge in [0, 0.05) is 41.6 Å². The molecule has 1 aliphatic heterocycles. The number of hydrogen-bond acceptors (Lipinski definition) is 7. The van der Waals surface area contributed by atoms with E-state index in [1.807, 2.05) is 30.7 Å². The van der Waals surface area contributed by atoms with Crippen LogP contribution >= 0.6 is 11.3 Å². The first-order valence-corrected chi connectivity index (χ1v) is 13.0. The van der Waals surface area contributed by atoms with Crippen LogP contribution in [0.4, 0.5) is 5.69 Å². The Balaban J connectivity index is 1.34. The molecule has 2 unspecified atom stereocenters. The molecule has 32 heavy (non-hydrogen) atoms. The zero-order chi connectivity index (χ0) is 22.7. The number of amides is 1. The summed E-state index contributed by atoms with van der Waals surface area (Å²) in [6.07, 6.45) is 3.27. The van der Waals surface area contributed by atoms with Gasteiger partial charge in [0.1, 0.15) is 0 Å². The molecule has 10 heteroatoms. The average Bonchev–Trinajstić information content (AvgIpc) is 3.44. The van der Waals surface area contributed by atoms with Crippen molar-refractivity contribution in [3.63, 3.8) is 0 Å². The van der Waals surface area contributed by atoms with E-state index < -0.39 is 10.0 Å². The summed E-state index contributed by atoms with van der Waals surface area (Å²) in [5.74, 6) is 0.692. The molecular formula is C22H26N4O4S2. The van der Waals surface area contributed by atoms with Crippen molar-refractivity contribution < 1.29 is 17.7 Å². The third kappa shape index (κ3) is 4.92. The fraction of sp³-hybridized carbons (Fsp3) is 0.409. The van der Waals surface area contributed by atoms with Gasteiger partial charge in [0.25, 0.3) is 0 Å². The minimum absolute atomic E-state index is 0.0203. The van der Waals surface area contributed by atoms with Crippen LogP contribution in [0.5, 0.6) is 0 Å². The Morgan fingerprint density at radius 2 is 1.91 bits per heavy atom. The molecule has 0 radical (unpaired) electrons. The van der Waals surface area contributed by atoms with Gasteiger partial charge in [0.15, 0.2) is 0 Å². The minimum Gasteiger partial charge on any atom is -0.339 e. The fourth-order valence-electron chi connectivity index (χ4n) is 4.01. The van der Waals surface area contributed by atoms with Crippen molar-refractivity contribution in [3.05, 3.63) is 47.0 Å². The summed E-state index contributed by atoms with van der Waals surface area (Å²) in [4.78, 5) is 16.9. The summed E-state index contributed by atoms with van der Waals surface area (Å²) in [5, 5.41) is 10.6. The molecule has 0 bridgehead atoms. The summed E-state index contributed by atoms with van der Waals surface area (Å²) in [7, 11) is -3.57. The highest BCUT2D eigenvalue weighted by atomic mass is 32.2. The lowest BCUT2D eigenvalue weighted by Gasteiger charge is -2.37.